The number of benzene rings is 2. The highest BCUT2D eigenvalue weighted by molar-refractivity contribution is 5.92. The highest BCUT2D eigenvalue weighted by atomic mass is 16.5. The van der Waals surface area contributed by atoms with Crippen LogP contribution < -0.4 is 9.47 Å². The summed E-state index contributed by atoms with van der Waals surface area (Å²) < 4.78 is 11.0. The fourth-order valence-corrected chi connectivity index (χ4v) is 6.46. The second kappa shape index (κ2) is 11.9. The standard InChI is InChI=1S/C32H41N3O5/c1-20(2)30-25-16-22(7-9-26(25)33-31(30)23-8-10-27(39-3)28(17-23)40-4)21-11-14-35(15-12-21)29(36)19-34-13-5-6-24(18-34)32(37)38/h7-10,16-17,20-21,24,33H,5-6,11-15,18-19H2,1-4H3,(H,37,38)/t24-/m0/s1. The van der Waals surface area contributed by atoms with Crippen LogP contribution in [-0.2, 0) is 9.59 Å². The zero-order valence-electron chi connectivity index (χ0n) is 24.0. The van der Waals surface area contributed by atoms with Crippen LogP contribution in [0.4, 0.5) is 0 Å². The van der Waals surface area contributed by atoms with Gasteiger partial charge in [-0.15, -0.1) is 0 Å². The summed E-state index contributed by atoms with van der Waals surface area (Å²) in [4.78, 5) is 32.0. The SMILES string of the molecule is COc1ccc(-c2[nH]c3ccc(C4CCN(C(=O)CN5CCC[C@H](C(=O)O)C5)CC4)cc3c2C(C)C)cc1OC. The van der Waals surface area contributed by atoms with E-state index in [0.29, 0.717) is 42.8 Å². The number of aliphatic carboxylic acids is 1. The smallest absolute Gasteiger partial charge is 0.307 e. The van der Waals surface area contributed by atoms with Crippen LogP contribution in [0.25, 0.3) is 22.2 Å². The molecule has 1 amide bonds. The average Bonchev–Trinajstić information content (AvgIpc) is 3.36. The molecule has 0 radical (unpaired) electrons. The third-order valence-corrected chi connectivity index (χ3v) is 8.65. The van der Waals surface area contributed by atoms with Gasteiger partial charge in [-0.25, -0.2) is 0 Å². The van der Waals surface area contributed by atoms with E-state index in [2.05, 4.69) is 43.1 Å². The molecule has 2 N–H and O–H groups in total. The van der Waals surface area contributed by atoms with Crippen molar-refractivity contribution in [3.05, 3.63) is 47.5 Å². The lowest BCUT2D eigenvalue weighted by Crippen LogP contribution is -2.47. The van der Waals surface area contributed by atoms with Crippen molar-refractivity contribution in [1.82, 2.24) is 14.8 Å². The molecule has 8 nitrogen and oxygen atoms in total. The number of hydrogen-bond donors (Lipinski definition) is 2. The molecule has 2 aliphatic heterocycles. The minimum absolute atomic E-state index is 0.118. The molecule has 1 aromatic heterocycles. The van der Waals surface area contributed by atoms with E-state index < -0.39 is 5.97 Å². The molecule has 2 fully saturated rings. The fourth-order valence-electron chi connectivity index (χ4n) is 6.46. The number of nitrogens with zero attached hydrogens (tertiary/aromatic N) is 2. The number of likely N-dealkylation sites (tertiary alicyclic amines) is 2. The lowest BCUT2D eigenvalue weighted by atomic mass is 9.87. The summed E-state index contributed by atoms with van der Waals surface area (Å²) in [6.45, 7) is 7.51. The number of carboxylic acid groups (broad SMARTS) is 1. The van der Waals surface area contributed by atoms with Gasteiger partial charge in [0.15, 0.2) is 11.5 Å². The zero-order chi connectivity index (χ0) is 28.4. The number of rotatable bonds is 8. The van der Waals surface area contributed by atoms with Crippen molar-refractivity contribution in [3.8, 4) is 22.8 Å². The minimum atomic E-state index is -0.756. The van der Waals surface area contributed by atoms with Gasteiger partial charge >= 0.3 is 5.97 Å². The first-order valence-corrected chi connectivity index (χ1v) is 14.4. The topological polar surface area (TPSA) is 95.1 Å². The number of carboxylic acids is 1. The van der Waals surface area contributed by atoms with Crippen LogP contribution in [0, 0.1) is 5.92 Å². The largest absolute Gasteiger partial charge is 0.493 e. The Bertz CT molecular complexity index is 1370. The quantitative estimate of drug-likeness (QED) is 0.388. The predicted molar refractivity (Wildman–Crippen MR) is 156 cm³/mol. The molecule has 214 valence electrons. The molecule has 3 aromatic rings. The molecule has 0 aliphatic carbocycles. The van der Waals surface area contributed by atoms with Gasteiger partial charge < -0.3 is 24.5 Å². The number of carbonyl (C=O) groups is 2. The second-order valence-corrected chi connectivity index (χ2v) is 11.5. The summed E-state index contributed by atoms with van der Waals surface area (Å²) >= 11 is 0. The van der Waals surface area contributed by atoms with Crippen LogP contribution in [-0.4, -0.2) is 78.7 Å². The Labute approximate surface area is 236 Å². The Kier molecular flexibility index (Phi) is 8.35. The average molecular weight is 548 g/mol. The van der Waals surface area contributed by atoms with Crippen molar-refractivity contribution in [2.45, 2.75) is 51.4 Å². The van der Waals surface area contributed by atoms with Gasteiger partial charge in [0.1, 0.15) is 0 Å². The van der Waals surface area contributed by atoms with Crippen molar-refractivity contribution < 1.29 is 24.2 Å². The van der Waals surface area contributed by atoms with Gasteiger partial charge in [0.05, 0.1) is 32.4 Å². The number of hydrogen-bond acceptors (Lipinski definition) is 5. The van der Waals surface area contributed by atoms with E-state index >= 15 is 0 Å². The number of carbonyl (C=O) groups excluding carboxylic acids is 1. The Hall–Kier alpha value is -3.52. The van der Waals surface area contributed by atoms with Gasteiger partial charge in [-0.1, -0.05) is 19.9 Å². The fraction of sp³-hybridized carbons (Fsp3) is 0.500. The highest BCUT2D eigenvalue weighted by Crippen LogP contribution is 2.40. The predicted octanol–water partition coefficient (Wildman–Crippen LogP) is 5.48. The zero-order valence-corrected chi connectivity index (χ0v) is 24.0. The van der Waals surface area contributed by atoms with Crippen molar-refractivity contribution in [2.24, 2.45) is 5.92 Å². The van der Waals surface area contributed by atoms with Crippen molar-refractivity contribution in [2.75, 3.05) is 46.9 Å². The molecule has 2 aliphatic rings. The van der Waals surface area contributed by atoms with E-state index in [1.165, 1.54) is 16.5 Å². The van der Waals surface area contributed by atoms with Crippen molar-refractivity contribution in [3.63, 3.8) is 0 Å². The van der Waals surface area contributed by atoms with Gasteiger partial charge in [-0.3, -0.25) is 14.5 Å². The van der Waals surface area contributed by atoms with E-state index in [1.807, 2.05) is 21.9 Å². The van der Waals surface area contributed by atoms with Gasteiger partial charge in [0.25, 0.3) is 0 Å². The van der Waals surface area contributed by atoms with Gasteiger partial charge in [0.2, 0.25) is 5.91 Å². The minimum Gasteiger partial charge on any atom is -0.493 e. The Morgan fingerprint density at radius 3 is 2.42 bits per heavy atom. The molecule has 0 unspecified atom stereocenters. The van der Waals surface area contributed by atoms with E-state index in [0.717, 1.165) is 55.7 Å². The molecule has 1 atom stereocenters. The monoisotopic (exact) mass is 547 g/mol. The number of amides is 1. The number of piperidine rings is 2. The first-order chi connectivity index (χ1) is 19.3. The van der Waals surface area contributed by atoms with Crippen LogP contribution in [0.5, 0.6) is 11.5 Å². The highest BCUT2D eigenvalue weighted by Gasteiger charge is 2.30. The van der Waals surface area contributed by atoms with Crippen LogP contribution >= 0.6 is 0 Å². The summed E-state index contributed by atoms with van der Waals surface area (Å²) in [6.07, 6.45) is 3.39. The van der Waals surface area contributed by atoms with Gasteiger partial charge in [-0.05, 0) is 85.5 Å². The van der Waals surface area contributed by atoms with Crippen LogP contribution in [0.3, 0.4) is 0 Å². The Morgan fingerprint density at radius 1 is 1.00 bits per heavy atom. The third-order valence-electron chi connectivity index (χ3n) is 8.65. The van der Waals surface area contributed by atoms with E-state index in [-0.39, 0.29) is 11.8 Å². The van der Waals surface area contributed by atoms with E-state index in [4.69, 9.17) is 9.47 Å². The molecule has 8 heteroatoms. The summed E-state index contributed by atoms with van der Waals surface area (Å²) in [5.41, 5.74) is 5.89. The number of ether oxygens (including phenoxy) is 2. The Balaban J connectivity index is 1.30. The maximum absolute atomic E-state index is 13.0. The molecule has 0 bridgehead atoms. The summed E-state index contributed by atoms with van der Waals surface area (Å²) in [6, 6.07) is 12.8. The molecule has 2 aromatic carbocycles. The van der Waals surface area contributed by atoms with E-state index in [1.54, 1.807) is 14.2 Å². The second-order valence-electron chi connectivity index (χ2n) is 11.5. The number of methoxy groups -OCH3 is 2. The molecule has 2 saturated heterocycles. The number of aromatic nitrogens is 1. The molecule has 5 rings (SSSR count). The molecular weight excluding hydrogens is 506 g/mol. The summed E-state index contributed by atoms with van der Waals surface area (Å²) in [5, 5.41) is 10.6. The number of nitrogens with one attached hydrogen (secondary N) is 1. The molecule has 3 heterocycles. The van der Waals surface area contributed by atoms with Crippen LogP contribution in [0.1, 0.15) is 62.5 Å². The number of H-pyrrole nitrogens is 1. The van der Waals surface area contributed by atoms with Crippen LogP contribution in [0.15, 0.2) is 36.4 Å². The molecule has 0 spiro atoms. The molecule has 0 saturated carbocycles. The van der Waals surface area contributed by atoms with Crippen LogP contribution in [0.2, 0.25) is 0 Å². The first kappa shape index (κ1) is 28.0. The maximum atomic E-state index is 13.0. The van der Waals surface area contributed by atoms with Crippen molar-refractivity contribution >= 4 is 22.8 Å². The number of aromatic amines is 1. The maximum Gasteiger partial charge on any atom is 0.307 e. The Morgan fingerprint density at radius 2 is 1.75 bits per heavy atom. The third kappa shape index (κ3) is 5.68. The summed E-state index contributed by atoms with van der Waals surface area (Å²) in [7, 11) is 3.30. The number of fused-ring (bicyclic) bond motifs is 1. The van der Waals surface area contributed by atoms with E-state index in [9.17, 15) is 14.7 Å². The lowest BCUT2D eigenvalue weighted by Gasteiger charge is -2.35. The summed E-state index contributed by atoms with van der Waals surface area (Å²) in [5.74, 6) is 1.14. The first-order valence-electron chi connectivity index (χ1n) is 14.4. The van der Waals surface area contributed by atoms with Gasteiger partial charge in [-0.2, -0.15) is 0 Å². The molecule has 40 heavy (non-hydrogen) atoms. The lowest BCUT2D eigenvalue weighted by molar-refractivity contribution is -0.145. The van der Waals surface area contributed by atoms with Gasteiger partial charge in [0, 0.05) is 36.1 Å². The molecular formula is C32H41N3O5. The van der Waals surface area contributed by atoms with Crippen molar-refractivity contribution in [1.29, 1.82) is 0 Å². The normalized spacial score (nSPS) is 18.8.